The van der Waals surface area contributed by atoms with E-state index in [4.69, 9.17) is 19.4 Å². The summed E-state index contributed by atoms with van der Waals surface area (Å²) in [7, 11) is 0. The van der Waals surface area contributed by atoms with Crippen LogP contribution in [0.25, 0.3) is 87.4 Å². The van der Waals surface area contributed by atoms with E-state index in [1.165, 1.54) is 20.2 Å². The van der Waals surface area contributed by atoms with Crippen molar-refractivity contribution in [2.45, 2.75) is 0 Å². The third-order valence-electron chi connectivity index (χ3n) is 8.16. The van der Waals surface area contributed by atoms with Gasteiger partial charge in [0.1, 0.15) is 11.2 Å². The number of thiophene rings is 1. The van der Waals surface area contributed by atoms with Gasteiger partial charge in [0.15, 0.2) is 17.5 Å². The molecule has 0 aliphatic rings. The molecule has 0 saturated carbocycles. The van der Waals surface area contributed by atoms with E-state index in [0.717, 1.165) is 49.8 Å². The Kier molecular flexibility index (Phi) is 5.64. The minimum Gasteiger partial charge on any atom is -0.455 e. The number of rotatable bonds is 4. The Balaban J connectivity index is 1.35. The number of benzene rings is 6. The molecule has 206 valence electrons. The van der Waals surface area contributed by atoms with E-state index < -0.39 is 0 Å². The molecule has 0 amide bonds. The predicted molar refractivity (Wildman–Crippen MR) is 182 cm³/mol. The van der Waals surface area contributed by atoms with Gasteiger partial charge in [-0.1, -0.05) is 109 Å². The van der Waals surface area contributed by atoms with Gasteiger partial charge in [-0.3, -0.25) is 0 Å². The standard InChI is InChI=1S/C39H23N3OS/c1-3-12-24(13-4-1)26-22-23-30(34-29-17-7-9-20-32(29)43-35(26)34)38-40-37(25-14-5-2-6-15-25)41-39(42-38)31-19-11-18-28-27-16-8-10-21-33(27)44-36(28)31/h1-23H. The van der Waals surface area contributed by atoms with Crippen LogP contribution in [-0.2, 0) is 0 Å². The zero-order chi connectivity index (χ0) is 29.0. The van der Waals surface area contributed by atoms with Crippen LogP contribution in [0.1, 0.15) is 0 Å². The summed E-state index contributed by atoms with van der Waals surface area (Å²) in [5.74, 6) is 1.90. The van der Waals surface area contributed by atoms with Gasteiger partial charge in [0, 0.05) is 53.2 Å². The maximum atomic E-state index is 6.55. The highest BCUT2D eigenvalue weighted by Gasteiger charge is 2.21. The van der Waals surface area contributed by atoms with E-state index in [0.29, 0.717) is 17.5 Å². The number of hydrogen-bond acceptors (Lipinski definition) is 5. The Labute approximate surface area is 256 Å². The first-order valence-corrected chi connectivity index (χ1v) is 15.4. The van der Waals surface area contributed by atoms with Crippen molar-refractivity contribution in [1.82, 2.24) is 15.0 Å². The Morgan fingerprint density at radius 2 is 1.05 bits per heavy atom. The number of nitrogens with zero attached hydrogens (tertiary/aromatic N) is 3. The monoisotopic (exact) mass is 581 g/mol. The fraction of sp³-hybridized carbons (Fsp3) is 0. The molecule has 9 rings (SSSR count). The molecule has 4 nitrogen and oxygen atoms in total. The van der Waals surface area contributed by atoms with Crippen LogP contribution >= 0.6 is 11.3 Å². The molecule has 3 aromatic heterocycles. The average Bonchev–Trinajstić information content (AvgIpc) is 3.68. The number of fused-ring (bicyclic) bond motifs is 6. The minimum atomic E-state index is 0.614. The summed E-state index contributed by atoms with van der Waals surface area (Å²) in [5.41, 5.74) is 6.64. The topological polar surface area (TPSA) is 51.8 Å². The predicted octanol–water partition coefficient (Wildman–Crippen LogP) is 10.8. The molecule has 0 radical (unpaired) electrons. The highest BCUT2D eigenvalue weighted by molar-refractivity contribution is 7.26. The normalized spacial score (nSPS) is 11.6. The molecule has 0 N–H and O–H groups in total. The number of hydrogen-bond donors (Lipinski definition) is 0. The maximum absolute atomic E-state index is 6.55. The third kappa shape index (κ3) is 3.94. The minimum absolute atomic E-state index is 0.614. The Morgan fingerprint density at radius 3 is 1.86 bits per heavy atom. The first kappa shape index (κ1) is 24.9. The van der Waals surface area contributed by atoms with E-state index in [9.17, 15) is 0 Å². The van der Waals surface area contributed by atoms with E-state index in [-0.39, 0.29) is 0 Å². The zero-order valence-corrected chi connectivity index (χ0v) is 24.3. The van der Waals surface area contributed by atoms with Crippen LogP contribution in [-0.4, -0.2) is 15.0 Å². The van der Waals surface area contributed by atoms with Crippen molar-refractivity contribution < 1.29 is 4.42 Å². The van der Waals surface area contributed by atoms with Crippen LogP contribution in [0.15, 0.2) is 144 Å². The largest absolute Gasteiger partial charge is 0.455 e. The summed E-state index contributed by atoms with van der Waals surface area (Å²) in [4.78, 5) is 15.4. The molecule has 0 aliphatic carbocycles. The molecule has 0 bridgehead atoms. The van der Waals surface area contributed by atoms with Crippen LogP contribution in [0.4, 0.5) is 0 Å². The van der Waals surface area contributed by atoms with Crippen molar-refractivity contribution in [2.75, 3.05) is 0 Å². The molecule has 5 heteroatoms. The summed E-state index contributed by atoms with van der Waals surface area (Å²) < 4.78 is 8.97. The van der Waals surface area contributed by atoms with E-state index >= 15 is 0 Å². The zero-order valence-electron chi connectivity index (χ0n) is 23.4. The maximum Gasteiger partial charge on any atom is 0.165 e. The second kappa shape index (κ2) is 9.97. The van der Waals surface area contributed by atoms with Gasteiger partial charge in [0.05, 0.1) is 0 Å². The summed E-state index contributed by atoms with van der Waals surface area (Å²) in [6.07, 6.45) is 0. The van der Waals surface area contributed by atoms with E-state index in [1.807, 2.05) is 54.6 Å². The fourth-order valence-electron chi connectivity index (χ4n) is 6.12. The number of para-hydroxylation sites is 1. The summed E-state index contributed by atoms with van der Waals surface area (Å²) in [6, 6.07) is 47.9. The lowest BCUT2D eigenvalue weighted by molar-refractivity contribution is 0.670. The number of furan rings is 1. The lowest BCUT2D eigenvalue weighted by atomic mass is 9.98. The fourth-order valence-corrected chi connectivity index (χ4v) is 7.33. The van der Waals surface area contributed by atoms with Gasteiger partial charge in [-0.15, -0.1) is 11.3 Å². The van der Waals surface area contributed by atoms with Crippen molar-refractivity contribution in [1.29, 1.82) is 0 Å². The molecule has 0 spiro atoms. The molecule has 44 heavy (non-hydrogen) atoms. The highest BCUT2D eigenvalue weighted by Crippen LogP contribution is 2.43. The lowest BCUT2D eigenvalue weighted by Gasteiger charge is -2.11. The molecular formula is C39H23N3OS. The molecule has 0 unspecified atom stereocenters. The van der Waals surface area contributed by atoms with Crippen molar-refractivity contribution in [3.8, 4) is 45.3 Å². The quantitative estimate of drug-likeness (QED) is 0.207. The van der Waals surface area contributed by atoms with Crippen molar-refractivity contribution in [3.05, 3.63) is 140 Å². The van der Waals surface area contributed by atoms with Gasteiger partial charge in [-0.05, 0) is 35.9 Å². The van der Waals surface area contributed by atoms with Crippen LogP contribution in [0.2, 0.25) is 0 Å². The summed E-state index contributed by atoms with van der Waals surface area (Å²) in [6.45, 7) is 0. The van der Waals surface area contributed by atoms with Gasteiger partial charge in [0.25, 0.3) is 0 Å². The number of aromatic nitrogens is 3. The van der Waals surface area contributed by atoms with Crippen LogP contribution in [0.5, 0.6) is 0 Å². The molecule has 0 saturated heterocycles. The highest BCUT2D eigenvalue weighted by atomic mass is 32.1. The molecule has 0 aliphatic heterocycles. The second-order valence-corrected chi connectivity index (χ2v) is 11.8. The molecular weight excluding hydrogens is 559 g/mol. The second-order valence-electron chi connectivity index (χ2n) is 10.8. The summed E-state index contributed by atoms with van der Waals surface area (Å²) in [5, 5.41) is 4.49. The van der Waals surface area contributed by atoms with Crippen LogP contribution in [0.3, 0.4) is 0 Å². The SMILES string of the molecule is c1ccc(-c2nc(-c3cccc4c3sc3ccccc34)nc(-c3ccc(-c4ccccc4)c4oc5ccccc5c34)n2)cc1. The smallest absolute Gasteiger partial charge is 0.165 e. The van der Waals surface area contributed by atoms with E-state index in [2.05, 4.69) is 84.9 Å². The van der Waals surface area contributed by atoms with Crippen molar-refractivity contribution in [3.63, 3.8) is 0 Å². The molecule has 0 atom stereocenters. The first-order chi connectivity index (χ1) is 21.8. The van der Waals surface area contributed by atoms with Crippen LogP contribution in [0, 0.1) is 0 Å². The Hall–Kier alpha value is -5.65. The average molecular weight is 582 g/mol. The Bertz CT molecular complexity index is 2500. The summed E-state index contributed by atoms with van der Waals surface area (Å²) >= 11 is 1.78. The first-order valence-electron chi connectivity index (χ1n) is 14.5. The molecule has 9 aromatic rings. The van der Waals surface area contributed by atoms with Gasteiger partial charge in [0.2, 0.25) is 0 Å². The van der Waals surface area contributed by atoms with Crippen LogP contribution < -0.4 is 0 Å². The van der Waals surface area contributed by atoms with Gasteiger partial charge in [-0.25, -0.2) is 15.0 Å². The lowest BCUT2D eigenvalue weighted by Crippen LogP contribution is -2.00. The van der Waals surface area contributed by atoms with Gasteiger partial charge < -0.3 is 4.42 Å². The molecule has 0 fully saturated rings. The third-order valence-corrected chi connectivity index (χ3v) is 9.38. The van der Waals surface area contributed by atoms with Crippen molar-refractivity contribution >= 4 is 53.4 Å². The molecule has 3 heterocycles. The van der Waals surface area contributed by atoms with Gasteiger partial charge in [-0.2, -0.15) is 0 Å². The molecule has 6 aromatic carbocycles. The Morgan fingerprint density at radius 1 is 0.432 bits per heavy atom. The van der Waals surface area contributed by atoms with Gasteiger partial charge >= 0.3 is 0 Å². The van der Waals surface area contributed by atoms with Crippen molar-refractivity contribution in [2.24, 2.45) is 0 Å². The van der Waals surface area contributed by atoms with E-state index in [1.54, 1.807) is 11.3 Å².